The fourth-order valence-corrected chi connectivity index (χ4v) is 6.31. The molecule has 2 amide bonds. The van der Waals surface area contributed by atoms with Gasteiger partial charge in [-0.1, -0.05) is 41.8 Å². The monoisotopic (exact) mass is 486 g/mol. The molecule has 30 heavy (non-hydrogen) atoms. The van der Waals surface area contributed by atoms with Crippen molar-refractivity contribution in [3.8, 4) is 0 Å². The van der Waals surface area contributed by atoms with E-state index in [9.17, 15) is 24.6 Å². The predicted molar refractivity (Wildman–Crippen MR) is 113 cm³/mol. The molecule has 8 nitrogen and oxygen atoms in total. The van der Waals surface area contributed by atoms with E-state index in [0.29, 0.717) is 19.5 Å². The van der Waals surface area contributed by atoms with Crippen molar-refractivity contribution in [2.75, 3.05) is 19.7 Å². The van der Waals surface area contributed by atoms with Gasteiger partial charge in [0.25, 0.3) is 0 Å². The zero-order valence-corrected chi connectivity index (χ0v) is 19.1. The summed E-state index contributed by atoms with van der Waals surface area (Å²) in [6.07, 6.45) is 4.17. The molecule has 0 radical (unpaired) electrons. The van der Waals surface area contributed by atoms with Crippen LogP contribution in [0.2, 0.25) is 0 Å². The summed E-state index contributed by atoms with van der Waals surface area (Å²) in [5.74, 6) is -3.74. The fourth-order valence-electron chi connectivity index (χ4n) is 5.36. The lowest BCUT2D eigenvalue weighted by Gasteiger charge is -2.38. The number of aliphatic hydroxyl groups excluding tert-OH is 1. The lowest BCUT2D eigenvalue weighted by atomic mass is 9.70. The van der Waals surface area contributed by atoms with E-state index in [4.69, 9.17) is 4.74 Å². The van der Waals surface area contributed by atoms with Gasteiger partial charge in [0.05, 0.1) is 30.6 Å². The number of alkyl halides is 1. The van der Waals surface area contributed by atoms with Crippen molar-refractivity contribution in [3.63, 3.8) is 0 Å². The minimum absolute atomic E-state index is 0.254. The average Bonchev–Trinajstić information content (AvgIpc) is 3.30. The van der Waals surface area contributed by atoms with Crippen LogP contribution >= 0.6 is 15.9 Å². The van der Waals surface area contributed by atoms with Gasteiger partial charge in [-0.05, 0) is 19.8 Å². The molecule has 1 unspecified atom stereocenters. The normalized spacial score (nSPS) is 35.4. The highest BCUT2D eigenvalue weighted by Crippen LogP contribution is 2.60. The van der Waals surface area contributed by atoms with Crippen molar-refractivity contribution in [2.24, 2.45) is 11.8 Å². The molecule has 3 aliphatic rings. The molecule has 3 heterocycles. The van der Waals surface area contributed by atoms with Gasteiger partial charge in [0, 0.05) is 17.9 Å². The summed E-state index contributed by atoms with van der Waals surface area (Å²) in [6.45, 7) is 8.03. The van der Waals surface area contributed by atoms with Gasteiger partial charge >= 0.3 is 5.97 Å². The zero-order chi connectivity index (χ0) is 22.2. The number of ether oxygens (including phenoxy) is 1. The van der Waals surface area contributed by atoms with E-state index in [0.717, 1.165) is 19.3 Å². The number of hydrogen-bond acceptors (Lipinski definition) is 5. The lowest BCUT2D eigenvalue weighted by molar-refractivity contribution is -0.152. The number of rotatable bonds is 10. The number of nitrogens with zero attached hydrogens (tertiary/aromatic N) is 2. The van der Waals surface area contributed by atoms with Gasteiger partial charge in [0.2, 0.25) is 11.8 Å². The van der Waals surface area contributed by atoms with Gasteiger partial charge in [-0.2, -0.15) is 0 Å². The minimum atomic E-state index is -1.20. The van der Waals surface area contributed by atoms with Gasteiger partial charge in [0.15, 0.2) is 0 Å². The average molecular weight is 487 g/mol. The van der Waals surface area contributed by atoms with E-state index < -0.39 is 47.5 Å². The molecule has 3 fully saturated rings. The molecule has 3 saturated heterocycles. The molecule has 0 aromatic carbocycles. The number of fused-ring (bicyclic) bond motifs is 1. The van der Waals surface area contributed by atoms with Crippen LogP contribution in [0.1, 0.15) is 39.5 Å². The molecule has 1 spiro atoms. The number of hydrogen-bond donors (Lipinski definition) is 2. The Labute approximate surface area is 185 Å². The Bertz CT molecular complexity index is 718. The first kappa shape index (κ1) is 23.2. The topological polar surface area (TPSA) is 107 Å². The summed E-state index contributed by atoms with van der Waals surface area (Å²) < 4.78 is 6.21. The fraction of sp³-hybridized carbons (Fsp3) is 0.762. The molecule has 9 heteroatoms. The van der Waals surface area contributed by atoms with E-state index in [-0.39, 0.29) is 17.3 Å². The summed E-state index contributed by atoms with van der Waals surface area (Å²) in [4.78, 5) is 42.0. The van der Waals surface area contributed by atoms with Crippen LogP contribution in [0.4, 0.5) is 0 Å². The maximum absolute atomic E-state index is 13.8. The summed E-state index contributed by atoms with van der Waals surface area (Å²) in [5, 5.41) is 19.6. The summed E-state index contributed by atoms with van der Waals surface area (Å²) >= 11 is 3.52. The number of carboxylic acid groups (broad SMARTS) is 1. The number of unbranched alkanes of at least 4 members (excludes halogenated alkanes) is 2. The second kappa shape index (κ2) is 8.96. The van der Waals surface area contributed by atoms with E-state index in [1.54, 1.807) is 17.9 Å². The first-order valence-electron chi connectivity index (χ1n) is 10.6. The zero-order valence-electron chi connectivity index (χ0n) is 17.5. The Morgan fingerprint density at radius 1 is 1.47 bits per heavy atom. The SMILES string of the molecule is C=CCN(CCCCC)C(=O)[C@H]1N([C@H](C)CO)C(=O)[C@@H]2[C@@H](C(=O)O)[C@@H]3O[C@@]21CC3Br. The second-order valence-corrected chi connectivity index (χ2v) is 9.74. The molecule has 7 atom stereocenters. The van der Waals surface area contributed by atoms with Crippen LogP contribution in [-0.2, 0) is 19.1 Å². The molecular formula is C21H31BrN2O6. The molecule has 2 bridgehead atoms. The largest absolute Gasteiger partial charge is 0.481 e. The molecule has 0 aromatic rings. The summed E-state index contributed by atoms with van der Waals surface area (Å²) in [7, 11) is 0. The highest BCUT2D eigenvalue weighted by atomic mass is 79.9. The van der Waals surface area contributed by atoms with Gasteiger partial charge in [0.1, 0.15) is 11.6 Å². The number of halogens is 1. The maximum Gasteiger partial charge on any atom is 0.310 e. The predicted octanol–water partition coefficient (Wildman–Crippen LogP) is 1.40. The van der Waals surface area contributed by atoms with E-state index in [1.807, 2.05) is 0 Å². The third-order valence-electron chi connectivity index (χ3n) is 6.68. The van der Waals surface area contributed by atoms with Crippen molar-refractivity contribution in [1.29, 1.82) is 0 Å². The van der Waals surface area contributed by atoms with Gasteiger partial charge in [-0.15, -0.1) is 6.58 Å². The summed E-state index contributed by atoms with van der Waals surface area (Å²) in [5.41, 5.74) is -1.20. The van der Waals surface area contributed by atoms with E-state index in [2.05, 4.69) is 29.4 Å². The van der Waals surface area contributed by atoms with Crippen LogP contribution in [0.3, 0.4) is 0 Å². The first-order valence-corrected chi connectivity index (χ1v) is 11.5. The maximum atomic E-state index is 13.8. The van der Waals surface area contributed by atoms with Gasteiger partial charge in [-0.3, -0.25) is 14.4 Å². The molecule has 3 rings (SSSR count). The Morgan fingerprint density at radius 3 is 2.73 bits per heavy atom. The Kier molecular flexibility index (Phi) is 6.94. The number of carboxylic acids is 1. The van der Waals surface area contributed by atoms with Crippen LogP contribution in [0.15, 0.2) is 12.7 Å². The molecule has 168 valence electrons. The van der Waals surface area contributed by atoms with Crippen molar-refractivity contribution in [1.82, 2.24) is 9.80 Å². The molecule has 0 aromatic heterocycles. The van der Waals surface area contributed by atoms with Crippen LogP contribution in [0, 0.1) is 11.8 Å². The molecule has 2 N–H and O–H groups in total. The van der Waals surface area contributed by atoms with Crippen molar-refractivity contribution in [3.05, 3.63) is 12.7 Å². The van der Waals surface area contributed by atoms with Crippen LogP contribution < -0.4 is 0 Å². The van der Waals surface area contributed by atoms with Crippen LogP contribution in [0.25, 0.3) is 0 Å². The van der Waals surface area contributed by atoms with Crippen molar-refractivity contribution >= 4 is 33.7 Å². The summed E-state index contributed by atoms with van der Waals surface area (Å²) in [6, 6.07) is -1.59. The molecule has 0 aliphatic carbocycles. The van der Waals surface area contributed by atoms with E-state index in [1.165, 1.54) is 4.90 Å². The number of amides is 2. The number of carbonyl (C=O) groups excluding carboxylic acids is 2. The van der Waals surface area contributed by atoms with Crippen molar-refractivity contribution in [2.45, 2.75) is 68.1 Å². The third kappa shape index (κ3) is 3.48. The second-order valence-electron chi connectivity index (χ2n) is 8.56. The van der Waals surface area contributed by atoms with Gasteiger partial charge < -0.3 is 24.7 Å². The number of carbonyl (C=O) groups is 3. The highest BCUT2D eigenvalue weighted by Gasteiger charge is 2.77. The Hall–Kier alpha value is -1.45. The van der Waals surface area contributed by atoms with Crippen LogP contribution in [0.5, 0.6) is 0 Å². The Morgan fingerprint density at radius 2 is 2.17 bits per heavy atom. The standard InChI is InChI=1S/C21H31BrN2O6/c1-4-6-7-9-23(8-5-2)19(27)17-21-10-13(22)16(30-21)14(20(28)29)15(21)18(26)24(17)12(3)11-25/h5,12-17,25H,2,4,6-11H2,1,3H3,(H,28,29)/t12-,13?,14-,15+,16-,17-,21+/m1/s1. The van der Waals surface area contributed by atoms with E-state index >= 15 is 0 Å². The first-order chi connectivity index (χ1) is 14.2. The molecule has 3 aliphatic heterocycles. The quantitative estimate of drug-likeness (QED) is 0.274. The third-order valence-corrected chi connectivity index (χ3v) is 7.52. The Balaban J connectivity index is 2.03. The highest BCUT2D eigenvalue weighted by molar-refractivity contribution is 9.09. The smallest absolute Gasteiger partial charge is 0.310 e. The van der Waals surface area contributed by atoms with Crippen LogP contribution in [-0.4, -0.2) is 86.1 Å². The number of aliphatic carboxylic acids is 1. The van der Waals surface area contributed by atoms with Crippen molar-refractivity contribution < 1.29 is 29.3 Å². The lowest BCUT2D eigenvalue weighted by Crippen LogP contribution is -2.58. The van der Waals surface area contributed by atoms with Gasteiger partial charge in [-0.25, -0.2) is 0 Å². The minimum Gasteiger partial charge on any atom is -0.481 e. The molecular weight excluding hydrogens is 456 g/mol. The number of likely N-dealkylation sites (tertiary alicyclic amines) is 1. The molecule has 0 saturated carbocycles. The number of aliphatic hydroxyl groups is 1.